The number of Topliss-reactive ketones (excluding diaryl/α,β-unsaturated/α-hetero) is 1. The summed E-state index contributed by atoms with van der Waals surface area (Å²) in [4.78, 5) is 13.1. The highest BCUT2D eigenvalue weighted by molar-refractivity contribution is 9.10. The van der Waals surface area contributed by atoms with Gasteiger partial charge in [0.25, 0.3) is 0 Å². The lowest BCUT2D eigenvalue weighted by Gasteiger charge is -2.02. The first-order chi connectivity index (χ1) is 8.19. The van der Waals surface area contributed by atoms with Crippen molar-refractivity contribution in [2.24, 2.45) is 0 Å². The first-order valence-electron chi connectivity index (χ1n) is 5.09. The fourth-order valence-electron chi connectivity index (χ4n) is 1.50. The van der Waals surface area contributed by atoms with Gasteiger partial charge in [-0.3, -0.25) is 4.79 Å². The molecule has 1 heterocycles. The highest BCUT2D eigenvalue weighted by Gasteiger charge is 2.09. The Kier molecular flexibility index (Phi) is 3.97. The molecular formula is C13H11BrO2S. The highest BCUT2D eigenvalue weighted by Crippen LogP contribution is 2.22. The van der Waals surface area contributed by atoms with E-state index in [-0.39, 0.29) is 5.78 Å². The summed E-state index contributed by atoms with van der Waals surface area (Å²) in [5.41, 5.74) is 0.689. The van der Waals surface area contributed by atoms with Crippen LogP contribution in [-0.4, -0.2) is 12.9 Å². The van der Waals surface area contributed by atoms with Crippen molar-refractivity contribution >= 4 is 33.0 Å². The lowest BCUT2D eigenvalue weighted by atomic mass is 10.1. The summed E-state index contributed by atoms with van der Waals surface area (Å²) >= 11 is 4.96. The van der Waals surface area contributed by atoms with E-state index in [1.807, 2.05) is 29.6 Å². The predicted molar refractivity (Wildman–Crippen MR) is 73.0 cm³/mol. The Morgan fingerprint density at radius 3 is 2.88 bits per heavy atom. The van der Waals surface area contributed by atoms with Crippen LogP contribution in [0, 0.1) is 0 Å². The fourth-order valence-corrected chi connectivity index (χ4v) is 2.95. The Morgan fingerprint density at radius 2 is 2.24 bits per heavy atom. The molecule has 0 bridgehead atoms. The molecule has 2 aromatic rings. The van der Waals surface area contributed by atoms with Gasteiger partial charge in [-0.05, 0) is 34.1 Å². The van der Waals surface area contributed by atoms with Gasteiger partial charge in [0.1, 0.15) is 5.75 Å². The number of rotatable bonds is 4. The lowest BCUT2D eigenvalue weighted by Crippen LogP contribution is -2.02. The number of hydrogen-bond donors (Lipinski definition) is 0. The number of ether oxygens (including phenoxy) is 1. The smallest absolute Gasteiger partial charge is 0.168 e. The van der Waals surface area contributed by atoms with Crippen molar-refractivity contribution < 1.29 is 9.53 Å². The second-order valence-corrected chi connectivity index (χ2v) is 5.47. The number of benzene rings is 1. The van der Waals surface area contributed by atoms with Crippen molar-refractivity contribution in [1.29, 1.82) is 0 Å². The summed E-state index contributed by atoms with van der Waals surface area (Å²) in [5.74, 6) is 0.821. The Bertz CT molecular complexity index is 534. The van der Waals surface area contributed by atoms with E-state index < -0.39 is 0 Å². The molecule has 0 aliphatic carbocycles. The average molecular weight is 311 g/mol. The Morgan fingerprint density at radius 1 is 1.41 bits per heavy atom. The molecule has 0 aliphatic heterocycles. The molecule has 0 atom stereocenters. The minimum absolute atomic E-state index is 0.109. The van der Waals surface area contributed by atoms with Crippen molar-refractivity contribution in [2.45, 2.75) is 6.42 Å². The van der Waals surface area contributed by atoms with E-state index in [1.54, 1.807) is 24.5 Å². The molecular weight excluding hydrogens is 300 g/mol. The maximum Gasteiger partial charge on any atom is 0.168 e. The third kappa shape index (κ3) is 3.17. The monoisotopic (exact) mass is 310 g/mol. The summed E-state index contributed by atoms with van der Waals surface area (Å²) in [6.07, 6.45) is 0.434. The summed E-state index contributed by atoms with van der Waals surface area (Å²) in [6.45, 7) is 0. The first-order valence-corrected chi connectivity index (χ1v) is 6.76. The molecule has 17 heavy (non-hydrogen) atoms. The van der Waals surface area contributed by atoms with Crippen LogP contribution in [0.15, 0.2) is 40.2 Å². The van der Waals surface area contributed by atoms with Crippen LogP contribution in [0.4, 0.5) is 0 Å². The zero-order chi connectivity index (χ0) is 12.3. The summed E-state index contributed by atoms with van der Waals surface area (Å²) < 4.78 is 6.13. The molecule has 2 nitrogen and oxygen atoms in total. The molecule has 0 fully saturated rings. The van der Waals surface area contributed by atoms with Gasteiger partial charge < -0.3 is 4.74 Å². The topological polar surface area (TPSA) is 26.3 Å². The predicted octanol–water partition coefficient (Wildman–Crippen LogP) is 3.94. The second kappa shape index (κ2) is 5.47. The van der Waals surface area contributed by atoms with Crippen molar-refractivity contribution in [1.82, 2.24) is 0 Å². The van der Waals surface area contributed by atoms with Gasteiger partial charge in [-0.2, -0.15) is 0 Å². The number of ketones is 1. The Labute approximate surface area is 112 Å². The van der Waals surface area contributed by atoms with E-state index in [1.165, 1.54) is 0 Å². The quantitative estimate of drug-likeness (QED) is 0.799. The molecule has 0 unspecified atom stereocenters. The molecule has 1 aromatic carbocycles. The molecule has 0 N–H and O–H groups in total. The number of carbonyl (C=O) groups is 1. The number of halogens is 1. The van der Waals surface area contributed by atoms with Gasteiger partial charge in [0.05, 0.1) is 7.11 Å². The molecule has 0 radical (unpaired) electrons. The number of hydrogen-bond acceptors (Lipinski definition) is 3. The fraction of sp³-hybridized carbons (Fsp3) is 0.154. The van der Waals surface area contributed by atoms with E-state index in [9.17, 15) is 4.79 Å². The van der Waals surface area contributed by atoms with Gasteiger partial charge in [0.2, 0.25) is 0 Å². The third-order valence-electron chi connectivity index (χ3n) is 2.35. The van der Waals surface area contributed by atoms with Crippen molar-refractivity contribution in [2.75, 3.05) is 7.11 Å². The van der Waals surface area contributed by atoms with Crippen LogP contribution in [0.5, 0.6) is 5.75 Å². The molecule has 0 saturated heterocycles. The van der Waals surface area contributed by atoms with Crippen LogP contribution < -0.4 is 4.74 Å². The van der Waals surface area contributed by atoms with E-state index in [2.05, 4.69) is 15.9 Å². The molecule has 0 spiro atoms. The summed E-state index contributed by atoms with van der Waals surface area (Å²) in [5, 5.41) is 1.98. The molecule has 88 valence electrons. The summed E-state index contributed by atoms with van der Waals surface area (Å²) in [7, 11) is 1.60. The number of carbonyl (C=O) groups excluding carboxylic acids is 1. The average Bonchev–Trinajstić information content (AvgIpc) is 2.75. The molecule has 0 aliphatic rings. The van der Waals surface area contributed by atoms with Gasteiger partial charge in [-0.15, -0.1) is 11.3 Å². The van der Waals surface area contributed by atoms with Crippen LogP contribution in [0.3, 0.4) is 0 Å². The van der Waals surface area contributed by atoms with Crippen molar-refractivity contribution in [3.63, 3.8) is 0 Å². The maximum absolute atomic E-state index is 12.0. The first kappa shape index (κ1) is 12.3. The molecule has 1 aromatic heterocycles. The molecule has 4 heteroatoms. The second-order valence-electron chi connectivity index (χ2n) is 3.56. The van der Waals surface area contributed by atoms with Crippen LogP contribution in [0.25, 0.3) is 0 Å². The van der Waals surface area contributed by atoms with E-state index in [0.717, 1.165) is 9.35 Å². The zero-order valence-corrected chi connectivity index (χ0v) is 11.7. The molecule has 0 amide bonds. The molecule has 2 rings (SSSR count). The van der Waals surface area contributed by atoms with Gasteiger partial charge in [-0.25, -0.2) is 0 Å². The SMILES string of the molecule is COc1cccc(C(=O)Cc2cc(Br)cs2)c1. The maximum atomic E-state index is 12.0. The van der Waals surface area contributed by atoms with Gasteiger partial charge in [0, 0.05) is 26.7 Å². The van der Waals surface area contributed by atoms with E-state index in [4.69, 9.17) is 4.74 Å². The van der Waals surface area contributed by atoms with Gasteiger partial charge in [-0.1, -0.05) is 12.1 Å². The van der Waals surface area contributed by atoms with E-state index in [0.29, 0.717) is 17.7 Å². The Balaban J connectivity index is 2.14. The van der Waals surface area contributed by atoms with Crippen LogP contribution >= 0.6 is 27.3 Å². The standard InChI is InChI=1S/C13H11BrO2S/c1-16-11-4-2-3-9(5-11)13(15)7-12-6-10(14)8-17-12/h2-6,8H,7H2,1H3. The zero-order valence-electron chi connectivity index (χ0n) is 9.27. The normalized spacial score (nSPS) is 10.2. The molecule has 0 saturated carbocycles. The van der Waals surface area contributed by atoms with Crippen molar-refractivity contribution in [3.8, 4) is 5.75 Å². The third-order valence-corrected chi connectivity index (χ3v) is 4.05. The van der Waals surface area contributed by atoms with E-state index >= 15 is 0 Å². The Hall–Kier alpha value is -1.13. The van der Waals surface area contributed by atoms with Gasteiger partial charge >= 0.3 is 0 Å². The minimum atomic E-state index is 0.109. The van der Waals surface area contributed by atoms with Gasteiger partial charge in [0.15, 0.2) is 5.78 Å². The lowest BCUT2D eigenvalue weighted by molar-refractivity contribution is 0.0993. The van der Waals surface area contributed by atoms with Crippen molar-refractivity contribution in [3.05, 3.63) is 50.6 Å². The summed E-state index contributed by atoms with van der Waals surface area (Å²) in [6, 6.07) is 9.22. The van der Waals surface area contributed by atoms with Crippen LogP contribution in [0.1, 0.15) is 15.2 Å². The number of methoxy groups -OCH3 is 1. The highest BCUT2D eigenvalue weighted by atomic mass is 79.9. The number of thiophene rings is 1. The largest absolute Gasteiger partial charge is 0.497 e. The van der Waals surface area contributed by atoms with Crippen LogP contribution in [-0.2, 0) is 6.42 Å². The minimum Gasteiger partial charge on any atom is -0.497 e. The van der Waals surface area contributed by atoms with Crippen LogP contribution in [0.2, 0.25) is 0 Å².